The van der Waals surface area contributed by atoms with Crippen LogP contribution in [0.1, 0.15) is 16.1 Å². The number of thiazole rings is 1. The zero-order chi connectivity index (χ0) is 26.6. The van der Waals surface area contributed by atoms with Gasteiger partial charge in [0.25, 0.3) is 0 Å². The summed E-state index contributed by atoms with van der Waals surface area (Å²) in [6, 6.07) is 34.0. The molecule has 0 aliphatic carbocycles. The molecule has 0 aliphatic rings. The van der Waals surface area contributed by atoms with Crippen molar-refractivity contribution < 1.29 is 9.13 Å². The normalized spacial score (nSPS) is 11.4. The van der Waals surface area contributed by atoms with E-state index in [1.54, 1.807) is 22.9 Å². The molecule has 6 aromatic rings. The van der Waals surface area contributed by atoms with Crippen molar-refractivity contribution in [1.29, 1.82) is 5.26 Å². The van der Waals surface area contributed by atoms with Crippen molar-refractivity contribution in [2.75, 3.05) is 0 Å². The quantitative estimate of drug-likeness (QED) is 0.197. The summed E-state index contributed by atoms with van der Waals surface area (Å²) < 4.78 is 22.6. The first-order valence-corrected chi connectivity index (χ1v) is 13.1. The zero-order valence-electron chi connectivity index (χ0n) is 20.7. The van der Waals surface area contributed by atoms with Crippen molar-refractivity contribution in [3.05, 3.63) is 131 Å². The summed E-state index contributed by atoms with van der Waals surface area (Å²) in [5.74, 6) is 0.326. The van der Waals surface area contributed by atoms with E-state index in [0.717, 1.165) is 27.0 Å². The molecule has 0 fully saturated rings. The molecule has 7 heteroatoms. The van der Waals surface area contributed by atoms with E-state index in [1.165, 1.54) is 17.4 Å². The maximum absolute atomic E-state index is 14.0. The fourth-order valence-electron chi connectivity index (χ4n) is 4.20. The van der Waals surface area contributed by atoms with Crippen LogP contribution < -0.4 is 4.74 Å². The summed E-state index contributed by atoms with van der Waals surface area (Å²) in [5.41, 5.74) is 5.09. The minimum Gasteiger partial charge on any atom is -0.489 e. The molecule has 39 heavy (non-hydrogen) atoms. The second kappa shape index (κ2) is 10.7. The average molecular weight is 529 g/mol. The van der Waals surface area contributed by atoms with E-state index in [1.807, 2.05) is 91.1 Å². The van der Waals surface area contributed by atoms with Gasteiger partial charge in [-0.05, 0) is 60.7 Å². The van der Waals surface area contributed by atoms with E-state index in [2.05, 4.69) is 11.1 Å². The molecule has 0 bridgehead atoms. The molecule has 2 heterocycles. The fourth-order valence-corrected chi connectivity index (χ4v) is 5.13. The van der Waals surface area contributed by atoms with Crippen LogP contribution >= 0.6 is 11.3 Å². The lowest BCUT2D eigenvalue weighted by molar-refractivity contribution is 0.300. The van der Waals surface area contributed by atoms with Crippen LogP contribution in [0.25, 0.3) is 38.8 Å². The molecule has 188 valence electrons. The smallest absolute Gasteiger partial charge is 0.135 e. The van der Waals surface area contributed by atoms with Gasteiger partial charge in [-0.1, -0.05) is 48.5 Å². The Hall–Kier alpha value is -5.06. The number of nitrogens with zero attached hydrogens (tertiary/aromatic N) is 4. The van der Waals surface area contributed by atoms with Gasteiger partial charge in [-0.25, -0.2) is 14.1 Å². The monoisotopic (exact) mass is 528 g/mol. The van der Waals surface area contributed by atoms with Gasteiger partial charge in [0, 0.05) is 22.9 Å². The molecule has 0 N–H and O–H groups in total. The Morgan fingerprint density at radius 3 is 2.44 bits per heavy atom. The molecule has 5 nitrogen and oxygen atoms in total. The summed E-state index contributed by atoms with van der Waals surface area (Å²) in [6.07, 6.45) is 3.75. The summed E-state index contributed by atoms with van der Waals surface area (Å²) >= 11 is 1.49. The van der Waals surface area contributed by atoms with E-state index in [-0.39, 0.29) is 12.4 Å². The summed E-state index contributed by atoms with van der Waals surface area (Å²) in [7, 11) is 0. The number of rotatable bonds is 7. The Morgan fingerprint density at radius 1 is 0.923 bits per heavy atom. The number of allylic oxidation sites excluding steroid dienone is 1. The van der Waals surface area contributed by atoms with Crippen LogP contribution in [0.3, 0.4) is 0 Å². The minimum atomic E-state index is -0.293. The number of hydrogen-bond donors (Lipinski definition) is 0. The Balaban J connectivity index is 1.36. The highest BCUT2D eigenvalue weighted by atomic mass is 32.1. The van der Waals surface area contributed by atoms with E-state index < -0.39 is 0 Å². The van der Waals surface area contributed by atoms with Crippen LogP contribution in [0.2, 0.25) is 0 Å². The van der Waals surface area contributed by atoms with Gasteiger partial charge in [0.05, 0.1) is 27.2 Å². The molecular formula is C32H21FN4OS. The van der Waals surface area contributed by atoms with Crippen LogP contribution in [-0.4, -0.2) is 14.8 Å². The van der Waals surface area contributed by atoms with Gasteiger partial charge < -0.3 is 4.74 Å². The Kier molecular flexibility index (Phi) is 6.69. The Labute approximate surface area is 228 Å². The second-order valence-electron chi connectivity index (χ2n) is 8.77. The van der Waals surface area contributed by atoms with E-state index in [9.17, 15) is 9.65 Å². The van der Waals surface area contributed by atoms with Crippen LogP contribution in [0.15, 0.2) is 109 Å². The third-order valence-electron chi connectivity index (χ3n) is 6.19. The maximum Gasteiger partial charge on any atom is 0.135 e. The van der Waals surface area contributed by atoms with Gasteiger partial charge in [-0.15, -0.1) is 11.3 Å². The summed E-state index contributed by atoms with van der Waals surface area (Å²) in [6.45, 7) is 0.135. The van der Waals surface area contributed by atoms with Gasteiger partial charge in [-0.3, -0.25) is 0 Å². The molecular weight excluding hydrogens is 507 g/mol. The van der Waals surface area contributed by atoms with Crippen LogP contribution in [0.4, 0.5) is 4.39 Å². The minimum absolute atomic E-state index is 0.135. The van der Waals surface area contributed by atoms with Crippen LogP contribution in [0, 0.1) is 17.1 Å². The Bertz CT molecular complexity index is 1800. The van der Waals surface area contributed by atoms with Crippen molar-refractivity contribution in [3.63, 3.8) is 0 Å². The van der Waals surface area contributed by atoms with Crippen LogP contribution in [-0.2, 0) is 6.61 Å². The largest absolute Gasteiger partial charge is 0.489 e. The second-order valence-corrected chi connectivity index (χ2v) is 9.80. The lowest BCUT2D eigenvalue weighted by atomic mass is 10.1. The topological polar surface area (TPSA) is 63.7 Å². The van der Waals surface area contributed by atoms with Crippen molar-refractivity contribution in [2.24, 2.45) is 0 Å². The first-order chi connectivity index (χ1) is 19.2. The molecule has 2 aromatic heterocycles. The number of fused-ring (bicyclic) bond motifs is 1. The van der Waals surface area contributed by atoms with Crippen molar-refractivity contribution in [1.82, 2.24) is 14.8 Å². The molecule has 0 unspecified atom stereocenters. The fraction of sp³-hybridized carbons (Fsp3) is 0.0312. The van der Waals surface area contributed by atoms with Gasteiger partial charge in [0.2, 0.25) is 0 Å². The highest BCUT2D eigenvalue weighted by molar-refractivity contribution is 7.19. The van der Waals surface area contributed by atoms with Gasteiger partial charge in [0.1, 0.15) is 29.3 Å². The number of benzene rings is 4. The van der Waals surface area contributed by atoms with Crippen LogP contribution in [0.5, 0.6) is 5.75 Å². The predicted molar refractivity (Wildman–Crippen MR) is 153 cm³/mol. The summed E-state index contributed by atoms with van der Waals surface area (Å²) in [4.78, 5) is 4.67. The van der Waals surface area contributed by atoms with Gasteiger partial charge >= 0.3 is 0 Å². The molecule has 0 atom stereocenters. The number of nitriles is 1. The highest BCUT2D eigenvalue weighted by Crippen LogP contribution is 2.32. The van der Waals surface area contributed by atoms with E-state index in [0.29, 0.717) is 27.6 Å². The molecule has 0 aliphatic heterocycles. The molecule has 6 rings (SSSR count). The van der Waals surface area contributed by atoms with Gasteiger partial charge in [0.15, 0.2) is 0 Å². The molecule has 0 saturated carbocycles. The first-order valence-electron chi connectivity index (χ1n) is 12.3. The number of hydrogen-bond acceptors (Lipinski definition) is 5. The Morgan fingerprint density at radius 2 is 1.67 bits per heavy atom. The number of aromatic nitrogens is 3. The maximum atomic E-state index is 14.0. The molecule has 0 amide bonds. The molecule has 0 saturated heterocycles. The molecule has 0 spiro atoms. The predicted octanol–water partition coefficient (Wildman–Crippen LogP) is 7.93. The lowest BCUT2D eigenvalue weighted by Crippen LogP contribution is -1.98. The van der Waals surface area contributed by atoms with Crippen molar-refractivity contribution in [3.8, 4) is 28.8 Å². The SMILES string of the molecule is N#CC(=Cc1cn(-c2ccccc2)nc1-c1ccc(OCc2ccccc2F)cc1)c1nc2ccccc2s1. The third kappa shape index (κ3) is 5.19. The molecule has 4 aromatic carbocycles. The lowest BCUT2D eigenvalue weighted by Gasteiger charge is -2.08. The summed E-state index contributed by atoms with van der Waals surface area (Å²) in [5, 5.41) is 15.6. The zero-order valence-corrected chi connectivity index (χ0v) is 21.5. The number of halogens is 1. The van der Waals surface area contributed by atoms with E-state index >= 15 is 0 Å². The highest BCUT2D eigenvalue weighted by Gasteiger charge is 2.15. The third-order valence-corrected chi connectivity index (χ3v) is 7.26. The number of ether oxygens (including phenoxy) is 1. The van der Waals surface area contributed by atoms with Gasteiger partial charge in [-0.2, -0.15) is 10.4 Å². The standard InChI is InChI=1S/C32H21FN4OS/c33-28-11-5-4-8-23(28)21-38-27-16-14-22(15-17-27)31-25(20-37(36-31)26-9-2-1-3-10-26)18-24(19-34)32-35-29-12-6-7-13-30(29)39-32/h1-18,20H,21H2. The number of para-hydroxylation sites is 2. The van der Waals surface area contributed by atoms with Crippen molar-refractivity contribution in [2.45, 2.75) is 6.61 Å². The average Bonchev–Trinajstić information content (AvgIpc) is 3.61. The van der Waals surface area contributed by atoms with E-state index in [4.69, 9.17) is 9.84 Å². The van der Waals surface area contributed by atoms with Crippen molar-refractivity contribution >= 4 is 33.2 Å². The first kappa shape index (κ1) is 24.3. The molecule has 0 radical (unpaired) electrons.